The predicted molar refractivity (Wildman–Crippen MR) is 307 cm³/mol. The highest BCUT2D eigenvalue weighted by Crippen LogP contribution is 2.28. The Balaban J connectivity index is 0.000000186. The monoisotopic (exact) mass is 1140 g/mol. The van der Waals surface area contributed by atoms with Gasteiger partial charge in [0.25, 0.3) is 0 Å². The van der Waals surface area contributed by atoms with Gasteiger partial charge in [-0.3, -0.25) is 19.5 Å². The summed E-state index contributed by atoms with van der Waals surface area (Å²) in [5.41, 5.74) is 0.00220. The third-order valence-corrected chi connectivity index (χ3v) is 13.1. The van der Waals surface area contributed by atoms with Gasteiger partial charge in [0.1, 0.15) is 33.9 Å². The van der Waals surface area contributed by atoms with E-state index in [1.807, 2.05) is 26.0 Å². The molecule has 0 aliphatic heterocycles. The van der Waals surface area contributed by atoms with Crippen molar-refractivity contribution in [2.45, 2.75) is 65.2 Å². The number of carboxylic acids is 1. The van der Waals surface area contributed by atoms with E-state index >= 15 is 0 Å². The molecule has 3 aromatic heterocycles. The molecule has 0 saturated heterocycles. The number of esters is 1. The summed E-state index contributed by atoms with van der Waals surface area (Å²) in [4.78, 5) is 105. The number of hydrogen-bond donors (Lipinski definition) is 3. The van der Waals surface area contributed by atoms with E-state index in [0.29, 0.717) is 89.0 Å². The van der Waals surface area contributed by atoms with Crippen LogP contribution in [0.4, 0.5) is 16.2 Å². The number of hydrogen-bond acceptors (Lipinski definition) is 19. The second-order valence-electron chi connectivity index (χ2n) is 18.6. The molecule has 0 radical (unpaired) electrons. The summed E-state index contributed by atoms with van der Waals surface area (Å²) in [5.74, 6) is 0.462. The number of carboxylic acid groups (broad SMARTS) is 1. The number of para-hydroxylation sites is 2. The molecule has 0 fully saturated rings. The molecule has 2 unspecified atom stereocenters. The third kappa shape index (κ3) is 17.6. The second kappa shape index (κ2) is 30.7. The van der Waals surface area contributed by atoms with E-state index in [1.165, 1.54) is 37.0 Å². The van der Waals surface area contributed by atoms with Crippen LogP contribution in [0.3, 0.4) is 0 Å². The number of anilines is 2. The Morgan fingerprint density at radius 1 is 0.627 bits per heavy atom. The number of amides is 1. The number of benzene rings is 4. The summed E-state index contributed by atoms with van der Waals surface area (Å²) in [7, 11) is 6.34. The molecule has 83 heavy (non-hydrogen) atoms. The normalized spacial score (nSPS) is 14.4. The van der Waals surface area contributed by atoms with Gasteiger partial charge in [-0.25, -0.2) is 33.6 Å². The van der Waals surface area contributed by atoms with Crippen LogP contribution in [0, 0.1) is 11.8 Å². The predicted octanol–water partition coefficient (Wildman–Crippen LogP) is 9.59. The van der Waals surface area contributed by atoms with Gasteiger partial charge in [-0.05, 0) is 113 Å². The van der Waals surface area contributed by atoms with Crippen molar-refractivity contribution in [1.29, 1.82) is 0 Å². The molecule has 1 amide bonds. The van der Waals surface area contributed by atoms with Crippen molar-refractivity contribution in [3.8, 4) is 11.5 Å². The van der Waals surface area contributed by atoms with E-state index in [-0.39, 0.29) is 47.2 Å². The molecule has 22 nitrogen and oxygen atoms in total. The van der Waals surface area contributed by atoms with Gasteiger partial charge < -0.3 is 52.1 Å². The molecule has 22 heteroatoms. The van der Waals surface area contributed by atoms with E-state index in [9.17, 15) is 43.2 Å². The number of aryl methyl sites for hydroxylation is 1. The SMILES string of the molecule is CCOC1=CC(=O)C(CCCOC(=O)Nc2cc3ccc(OC)cc3oc2=O)CC1.CCOC1=CC(=O)C(CCCOC(=O)c2ccccc2NC)CC1.COc1ccc2cc(C(=O)O)c(=O)oc2c1.Cn1c(=O)oc(=O)c2ccccc21. The van der Waals surface area contributed by atoms with E-state index in [0.717, 1.165) is 49.3 Å². The fourth-order valence-electron chi connectivity index (χ4n) is 8.79. The maximum Gasteiger partial charge on any atom is 0.422 e. The third-order valence-electron chi connectivity index (χ3n) is 13.1. The van der Waals surface area contributed by atoms with Gasteiger partial charge in [0.05, 0.1) is 68.6 Å². The Labute approximate surface area is 475 Å². The molecule has 2 atom stereocenters. The number of carbonyl (C=O) groups is 5. The van der Waals surface area contributed by atoms with Crippen LogP contribution < -0.4 is 42.7 Å². The van der Waals surface area contributed by atoms with E-state index in [4.69, 9.17) is 42.4 Å². The average Bonchev–Trinajstić information content (AvgIpc) is 3.65. The van der Waals surface area contributed by atoms with Crippen molar-refractivity contribution in [3.05, 3.63) is 174 Å². The number of nitrogens with one attached hydrogen (secondary N) is 2. The van der Waals surface area contributed by atoms with Crippen molar-refractivity contribution in [2.24, 2.45) is 18.9 Å². The molecule has 7 aromatic rings. The first-order valence-electron chi connectivity index (χ1n) is 26.6. The Kier molecular flexibility index (Phi) is 23.1. The highest BCUT2D eigenvalue weighted by molar-refractivity contribution is 5.96. The highest BCUT2D eigenvalue weighted by Gasteiger charge is 2.25. The molecule has 0 bridgehead atoms. The van der Waals surface area contributed by atoms with Gasteiger partial charge in [-0.15, -0.1) is 0 Å². The fraction of sp³-hybridized carbons (Fsp3) is 0.328. The molecule has 9 rings (SSSR count). The van der Waals surface area contributed by atoms with Gasteiger partial charge >= 0.3 is 40.7 Å². The number of allylic oxidation sites excluding steroid dienone is 4. The van der Waals surface area contributed by atoms with Gasteiger partial charge in [-0.2, -0.15) is 0 Å². The minimum Gasteiger partial charge on any atom is -0.498 e. The van der Waals surface area contributed by atoms with Crippen molar-refractivity contribution in [1.82, 2.24) is 4.57 Å². The lowest BCUT2D eigenvalue weighted by Gasteiger charge is -2.20. The molecule has 0 saturated carbocycles. The average molecular weight is 1140 g/mol. The lowest BCUT2D eigenvalue weighted by Crippen LogP contribution is -2.22. The molecule has 3 heterocycles. The van der Waals surface area contributed by atoms with Crippen LogP contribution in [0.5, 0.6) is 11.5 Å². The number of fused-ring (bicyclic) bond motifs is 3. The van der Waals surface area contributed by atoms with Gasteiger partial charge in [0, 0.05) is 79.5 Å². The Bertz CT molecular complexity index is 3760. The standard InChI is InChI=1S/C22H25NO7.C19H25NO4.C11H8O5.C9H7NO3/c1-3-28-17-9-6-14(19(24)12-17)5-4-10-29-22(26)23-18-11-15-7-8-16(27-2)13-20(15)30-21(18)25;1-3-23-15-11-10-14(18(21)13-15)7-6-12-24-19(22)16-8-4-5-9-17(16)20-2;1-15-7-3-2-6-4-8(10(12)13)11(14)16-9(6)5-7;1-10-7-5-3-2-4-6(7)8(11)13-9(10)12/h7-8,11-14H,3-6,9-10H2,1-2H3,(H,23,26);4-5,8-9,13-14,20H,3,6-7,10-12H2,1-2H3;2-5H,1H3,(H,12,13);2-5H,1H3. The van der Waals surface area contributed by atoms with Crippen molar-refractivity contribution in [2.75, 3.05) is 58.3 Å². The van der Waals surface area contributed by atoms with Crippen LogP contribution in [0.1, 0.15) is 85.9 Å². The first-order valence-corrected chi connectivity index (χ1v) is 26.6. The summed E-state index contributed by atoms with van der Waals surface area (Å²) in [6, 6.07) is 26.7. The maximum atomic E-state index is 12.1. The van der Waals surface area contributed by atoms with Gasteiger partial charge in [-0.1, -0.05) is 24.3 Å². The summed E-state index contributed by atoms with van der Waals surface area (Å²) in [5, 5.41) is 15.7. The van der Waals surface area contributed by atoms with Crippen LogP contribution in [-0.2, 0) is 35.6 Å². The lowest BCUT2D eigenvalue weighted by molar-refractivity contribution is -0.120. The number of carbonyl (C=O) groups excluding carboxylic acids is 4. The Hall–Kier alpha value is -9.73. The largest absolute Gasteiger partial charge is 0.498 e. The number of rotatable bonds is 18. The van der Waals surface area contributed by atoms with Gasteiger partial charge in [0.2, 0.25) is 0 Å². The summed E-state index contributed by atoms with van der Waals surface area (Å²) in [6.07, 6.45) is 8.12. The molecular formula is C61H65N3O19. The van der Waals surface area contributed by atoms with Crippen LogP contribution >= 0.6 is 0 Å². The van der Waals surface area contributed by atoms with E-state index in [1.54, 1.807) is 93.0 Å². The number of nitrogens with zero attached hydrogens (tertiary/aromatic N) is 1. The minimum atomic E-state index is -1.30. The summed E-state index contributed by atoms with van der Waals surface area (Å²) >= 11 is 0. The zero-order valence-electron chi connectivity index (χ0n) is 46.8. The highest BCUT2D eigenvalue weighted by atomic mass is 16.6. The van der Waals surface area contributed by atoms with Gasteiger partial charge in [0.15, 0.2) is 11.6 Å². The number of aromatic carboxylic acids is 1. The molecule has 0 spiro atoms. The zero-order chi connectivity index (χ0) is 60.0. The minimum absolute atomic E-state index is 0.00582. The first-order chi connectivity index (χ1) is 40.0. The van der Waals surface area contributed by atoms with E-state index < -0.39 is 34.7 Å². The topological polar surface area (TPSA) is 298 Å². The molecule has 2 aliphatic rings. The molecular weight excluding hydrogens is 1080 g/mol. The van der Waals surface area contributed by atoms with E-state index in [2.05, 4.69) is 15.1 Å². The quantitative estimate of drug-likeness (QED) is 0.0409. The van der Waals surface area contributed by atoms with Crippen LogP contribution in [0.15, 0.2) is 153 Å². The van der Waals surface area contributed by atoms with Crippen molar-refractivity contribution < 1.29 is 70.8 Å². The first kappa shape index (κ1) is 62.5. The van der Waals surface area contributed by atoms with Crippen LogP contribution in [-0.4, -0.2) is 87.0 Å². The maximum absolute atomic E-state index is 12.1. The van der Waals surface area contributed by atoms with Crippen molar-refractivity contribution in [3.63, 3.8) is 0 Å². The molecule has 438 valence electrons. The summed E-state index contributed by atoms with van der Waals surface area (Å²) in [6.45, 7) is 5.41. The number of methoxy groups -OCH3 is 2. The smallest absolute Gasteiger partial charge is 0.422 e. The number of aromatic nitrogens is 1. The van der Waals surface area contributed by atoms with Crippen LogP contribution in [0.2, 0.25) is 0 Å². The summed E-state index contributed by atoms with van der Waals surface area (Å²) < 4.78 is 47.2. The molecule has 4 aromatic carbocycles. The second-order valence-corrected chi connectivity index (χ2v) is 18.6. The number of ether oxygens (including phenoxy) is 6. The lowest BCUT2D eigenvalue weighted by atomic mass is 9.88. The van der Waals surface area contributed by atoms with Crippen molar-refractivity contribution >= 4 is 73.8 Å². The Morgan fingerprint density at radius 2 is 1.17 bits per heavy atom. The zero-order valence-corrected chi connectivity index (χ0v) is 46.8. The molecule has 2 aliphatic carbocycles. The fourth-order valence-corrected chi connectivity index (χ4v) is 8.79. The van der Waals surface area contributed by atoms with Crippen LogP contribution in [0.25, 0.3) is 32.8 Å². The molecule has 3 N–H and O–H groups in total. The Morgan fingerprint density at radius 3 is 1.72 bits per heavy atom. The number of ketones is 2.